The first-order valence-corrected chi connectivity index (χ1v) is 5.00. The molecule has 0 unspecified atom stereocenters. The first kappa shape index (κ1) is 11.8. The molecule has 0 aromatic heterocycles. The molecule has 2 N–H and O–H groups in total. The van der Waals surface area contributed by atoms with E-state index in [4.69, 9.17) is 10.2 Å². The number of aromatic hydroxyl groups is 1. The van der Waals surface area contributed by atoms with E-state index in [0.29, 0.717) is 12.5 Å². The Labute approximate surface area is 94.5 Å². The summed E-state index contributed by atoms with van der Waals surface area (Å²) in [6, 6.07) is 0.512. The quantitative estimate of drug-likeness (QED) is 0.787. The molecule has 1 aliphatic carbocycles. The molecule has 2 rings (SSSR count). The van der Waals surface area contributed by atoms with E-state index in [1.807, 2.05) is 0 Å². The third-order valence-electron chi connectivity index (χ3n) is 3.27. The smallest absolute Gasteiger partial charge is 0.314 e. The van der Waals surface area contributed by atoms with Crippen LogP contribution in [0, 0.1) is 17.5 Å². The summed E-state index contributed by atoms with van der Waals surface area (Å²) < 4.78 is 39.5. The monoisotopic (exact) mass is 246 g/mol. The second kappa shape index (κ2) is 3.65. The molecule has 17 heavy (non-hydrogen) atoms. The van der Waals surface area contributed by atoms with Gasteiger partial charge in [-0.05, 0) is 18.9 Å². The molecule has 0 spiro atoms. The first-order chi connectivity index (χ1) is 7.90. The van der Waals surface area contributed by atoms with Crippen molar-refractivity contribution in [1.82, 2.24) is 0 Å². The van der Waals surface area contributed by atoms with Crippen LogP contribution in [-0.4, -0.2) is 16.2 Å². The summed E-state index contributed by atoms with van der Waals surface area (Å²) in [5.41, 5.74) is -2.04. The highest BCUT2D eigenvalue weighted by Crippen LogP contribution is 2.46. The number of phenolic OH excluding ortho intramolecular Hbond substituents is 1. The molecule has 1 aromatic carbocycles. The lowest BCUT2D eigenvalue weighted by Crippen LogP contribution is -2.43. The molecule has 92 valence electrons. The normalized spacial score (nSPS) is 17.6. The number of halogens is 3. The van der Waals surface area contributed by atoms with Crippen LogP contribution in [0.4, 0.5) is 13.2 Å². The van der Waals surface area contributed by atoms with Gasteiger partial charge in [-0.15, -0.1) is 0 Å². The molecule has 1 aromatic rings. The Morgan fingerprint density at radius 3 is 2.24 bits per heavy atom. The van der Waals surface area contributed by atoms with Crippen LogP contribution in [0.5, 0.6) is 5.75 Å². The lowest BCUT2D eigenvalue weighted by atomic mass is 9.64. The SMILES string of the molecule is O=C(O)C1(c2cc(F)c(F)c(O)c2F)CCC1. The first-order valence-electron chi connectivity index (χ1n) is 5.00. The van der Waals surface area contributed by atoms with Crippen LogP contribution in [0.2, 0.25) is 0 Å². The van der Waals surface area contributed by atoms with Crippen LogP contribution in [0.25, 0.3) is 0 Å². The molecule has 0 atom stereocenters. The highest BCUT2D eigenvalue weighted by Gasteiger charge is 2.48. The summed E-state index contributed by atoms with van der Waals surface area (Å²) in [6.07, 6.45) is 0.846. The molecule has 0 aliphatic heterocycles. The van der Waals surface area contributed by atoms with Crippen molar-refractivity contribution >= 4 is 5.97 Å². The predicted octanol–water partition coefficient (Wildman–Crippen LogP) is 2.32. The topological polar surface area (TPSA) is 57.5 Å². The number of carboxylic acids is 1. The van der Waals surface area contributed by atoms with Crippen molar-refractivity contribution < 1.29 is 28.2 Å². The highest BCUT2D eigenvalue weighted by atomic mass is 19.2. The highest BCUT2D eigenvalue weighted by molar-refractivity contribution is 5.82. The maximum atomic E-state index is 13.6. The fourth-order valence-electron chi connectivity index (χ4n) is 2.07. The molecule has 1 saturated carbocycles. The van der Waals surface area contributed by atoms with E-state index >= 15 is 0 Å². The van der Waals surface area contributed by atoms with Gasteiger partial charge in [0.05, 0.1) is 5.41 Å². The standard InChI is InChI=1S/C11H9F3O3/c12-6-4-5(7(13)9(15)8(6)14)11(10(16)17)2-1-3-11/h4,15H,1-3H2,(H,16,17). The molecule has 3 nitrogen and oxygen atoms in total. The van der Waals surface area contributed by atoms with Crippen molar-refractivity contribution in [2.45, 2.75) is 24.7 Å². The maximum absolute atomic E-state index is 13.6. The number of benzene rings is 1. The molecule has 0 bridgehead atoms. The van der Waals surface area contributed by atoms with Gasteiger partial charge in [0, 0.05) is 5.56 Å². The van der Waals surface area contributed by atoms with Crippen molar-refractivity contribution in [2.24, 2.45) is 0 Å². The summed E-state index contributed by atoms with van der Waals surface area (Å²) in [4.78, 5) is 11.1. The van der Waals surface area contributed by atoms with Gasteiger partial charge < -0.3 is 10.2 Å². The molecule has 1 aliphatic rings. The Kier molecular flexibility index (Phi) is 2.52. The van der Waals surface area contributed by atoms with Gasteiger partial charge in [-0.2, -0.15) is 4.39 Å². The molecule has 6 heteroatoms. The number of aliphatic carboxylic acids is 1. The Bertz CT molecular complexity index is 495. The molecule has 0 radical (unpaired) electrons. The fraction of sp³-hybridized carbons (Fsp3) is 0.364. The third-order valence-corrected chi connectivity index (χ3v) is 3.27. The zero-order valence-corrected chi connectivity index (χ0v) is 8.64. The van der Waals surface area contributed by atoms with Gasteiger partial charge in [0.25, 0.3) is 0 Å². The van der Waals surface area contributed by atoms with Gasteiger partial charge in [-0.25, -0.2) is 8.78 Å². The van der Waals surface area contributed by atoms with E-state index in [-0.39, 0.29) is 12.8 Å². The zero-order chi connectivity index (χ0) is 12.8. The summed E-state index contributed by atoms with van der Waals surface area (Å²) in [6.45, 7) is 0. The predicted molar refractivity (Wildman–Crippen MR) is 51.1 cm³/mol. The van der Waals surface area contributed by atoms with E-state index in [0.717, 1.165) is 0 Å². The van der Waals surface area contributed by atoms with Crippen molar-refractivity contribution in [1.29, 1.82) is 0 Å². The molecular weight excluding hydrogens is 237 g/mol. The Morgan fingerprint density at radius 2 is 1.82 bits per heavy atom. The second-order valence-electron chi connectivity index (χ2n) is 4.12. The van der Waals surface area contributed by atoms with Crippen molar-refractivity contribution in [3.05, 3.63) is 29.1 Å². The lowest BCUT2D eigenvalue weighted by molar-refractivity contribution is -0.147. The largest absolute Gasteiger partial charge is 0.503 e. The number of carboxylic acid groups (broad SMARTS) is 1. The van der Waals surface area contributed by atoms with Crippen LogP contribution >= 0.6 is 0 Å². The van der Waals surface area contributed by atoms with Crippen LogP contribution in [0.3, 0.4) is 0 Å². The molecule has 0 saturated heterocycles. The van der Waals surface area contributed by atoms with Crippen LogP contribution < -0.4 is 0 Å². The number of rotatable bonds is 2. The van der Waals surface area contributed by atoms with Crippen LogP contribution in [0.1, 0.15) is 24.8 Å². The van der Waals surface area contributed by atoms with E-state index in [1.165, 1.54) is 0 Å². The minimum atomic E-state index is -1.70. The second-order valence-corrected chi connectivity index (χ2v) is 4.12. The minimum Gasteiger partial charge on any atom is -0.503 e. The Balaban J connectivity index is 2.64. The number of carbonyl (C=O) groups is 1. The van der Waals surface area contributed by atoms with Crippen molar-refractivity contribution in [3.8, 4) is 5.75 Å². The van der Waals surface area contributed by atoms with Gasteiger partial charge >= 0.3 is 5.97 Å². The van der Waals surface area contributed by atoms with Crippen molar-refractivity contribution in [3.63, 3.8) is 0 Å². The molecular formula is C11H9F3O3. The van der Waals surface area contributed by atoms with Crippen LogP contribution in [-0.2, 0) is 10.2 Å². The summed E-state index contributed by atoms with van der Waals surface area (Å²) in [7, 11) is 0. The summed E-state index contributed by atoms with van der Waals surface area (Å²) in [5.74, 6) is -7.32. The van der Waals surface area contributed by atoms with Gasteiger partial charge in [0.2, 0.25) is 5.82 Å². The maximum Gasteiger partial charge on any atom is 0.314 e. The minimum absolute atomic E-state index is 0.143. The fourth-order valence-corrected chi connectivity index (χ4v) is 2.07. The summed E-state index contributed by atoms with van der Waals surface area (Å²) >= 11 is 0. The number of hydrogen-bond donors (Lipinski definition) is 2. The summed E-state index contributed by atoms with van der Waals surface area (Å²) in [5, 5.41) is 18.1. The van der Waals surface area contributed by atoms with E-state index in [1.54, 1.807) is 0 Å². The van der Waals surface area contributed by atoms with Gasteiger partial charge in [-0.1, -0.05) is 6.42 Å². The average molecular weight is 246 g/mol. The van der Waals surface area contributed by atoms with Gasteiger partial charge in [0.15, 0.2) is 17.4 Å². The average Bonchev–Trinajstić information content (AvgIpc) is 2.20. The van der Waals surface area contributed by atoms with Crippen molar-refractivity contribution in [2.75, 3.05) is 0 Å². The van der Waals surface area contributed by atoms with E-state index in [2.05, 4.69) is 0 Å². The molecule has 1 fully saturated rings. The van der Waals surface area contributed by atoms with E-state index < -0.39 is 40.1 Å². The van der Waals surface area contributed by atoms with Gasteiger partial charge in [0.1, 0.15) is 0 Å². The van der Waals surface area contributed by atoms with E-state index in [9.17, 15) is 18.0 Å². The number of hydrogen-bond acceptors (Lipinski definition) is 2. The zero-order valence-electron chi connectivity index (χ0n) is 8.64. The molecule has 0 amide bonds. The Morgan fingerprint density at radius 1 is 1.24 bits per heavy atom. The Hall–Kier alpha value is -1.72. The van der Waals surface area contributed by atoms with Gasteiger partial charge in [-0.3, -0.25) is 4.79 Å². The van der Waals surface area contributed by atoms with Crippen LogP contribution in [0.15, 0.2) is 6.07 Å². The third kappa shape index (κ3) is 1.47. The number of phenols is 1. The lowest BCUT2D eigenvalue weighted by Gasteiger charge is -2.38. The molecule has 0 heterocycles.